The zero-order valence-corrected chi connectivity index (χ0v) is 17.7. The molecule has 4 rings (SSSR count). The van der Waals surface area contributed by atoms with Crippen LogP contribution >= 0.6 is 11.6 Å². The van der Waals surface area contributed by atoms with E-state index in [-0.39, 0.29) is 23.6 Å². The van der Waals surface area contributed by atoms with E-state index >= 15 is 0 Å². The summed E-state index contributed by atoms with van der Waals surface area (Å²) in [6.07, 6.45) is -4.79. The van der Waals surface area contributed by atoms with E-state index in [4.69, 9.17) is 17.3 Å². The van der Waals surface area contributed by atoms with Crippen molar-refractivity contribution < 1.29 is 22.7 Å². The number of rotatable bonds is 7. The Morgan fingerprint density at radius 1 is 1.09 bits per heavy atom. The molecule has 0 saturated carbocycles. The molecule has 0 fully saturated rings. The fourth-order valence-corrected chi connectivity index (χ4v) is 3.48. The van der Waals surface area contributed by atoms with Crippen LogP contribution in [0.5, 0.6) is 5.75 Å². The number of nitrogens with one attached hydrogen (secondary N) is 1. The molecule has 3 N–H and O–H groups in total. The number of aromatic nitrogens is 3. The number of hydrogen-bond donors (Lipinski definition) is 2. The topological polar surface area (TPSA) is 95.1 Å². The lowest BCUT2D eigenvalue weighted by Gasteiger charge is -2.13. The van der Waals surface area contributed by atoms with Crippen LogP contribution in [0.15, 0.2) is 60.7 Å². The standard InChI is InChI=1S/C22H17ClF3N5O2/c23-16-7-2-1-5-14(16)11-28-21-30-20-18(9-8-17(29-20)19(27)32)31(21)12-13-4-3-6-15(10-13)33-22(24,25)26/h1-10H,11-12H2,(H2,27,32)(H,28,29,30). The maximum absolute atomic E-state index is 12.6. The van der Waals surface area contributed by atoms with Crippen molar-refractivity contribution in [3.05, 3.63) is 82.5 Å². The number of ether oxygens (including phenoxy) is 1. The Morgan fingerprint density at radius 3 is 2.61 bits per heavy atom. The normalized spacial score (nSPS) is 11.5. The quantitative estimate of drug-likeness (QED) is 0.402. The minimum Gasteiger partial charge on any atom is -0.406 e. The predicted octanol–water partition coefficient (Wildman–Crippen LogP) is 4.74. The van der Waals surface area contributed by atoms with Gasteiger partial charge in [0.25, 0.3) is 5.91 Å². The molecule has 1 amide bonds. The van der Waals surface area contributed by atoms with Crippen LogP contribution in [0, 0.1) is 0 Å². The van der Waals surface area contributed by atoms with Gasteiger partial charge in [-0.2, -0.15) is 4.98 Å². The number of carbonyl (C=O) groups excluding carboxylic acids is 1. The summed E-state index contributed by atoms with van der Waals surface area (Å²) in [5.41, 5.74) is 7.55. The smallest absolute Gasteiger partial charge is 0.406 e. The summed E-state index contributed by atoms with van der Waals surface area (Å²) in [5.74, 6) is -0.639. The van der Waals surface area contributed by atoms with Gasteiger partial charge in [-0.3, -0.25) is 4.79 Å². The number of nitrogens with two attached hydrogens (primary N) is 1. The largest absolute Gasteiger partial charge is 0.573 e. The van der Waals surface area contributed by atoms with Crippen molar-refractivity contribution in [2.75, 3.05) is 5.32 Å². The Labute approximate surface area is 191 Å². The Balaban J connectivity index is 1.70. The number of alkyl halides is 3. The lowest BCUT2D eigenvalue weighted by molar-refractivity contribution is -0.274. The van der Waals surface area contributed by atoms with Gasteiger partial charge in [0.1, 0.15) is 11.4 Å². The summed E-state index contributed by atoms with van der Waals surface area (Å²) in [4.78, 5) is 20.2. The highest BCUT2D eigenvalue weighted by atomic mass is 35.5. The van der Waals surface area contributed by atoms with E-state index in [2.05, 4.69) is 20.0 Å². The zero-order valence-electron chi connectivity index (χ0n) is 16.9. The number of anilines is 1. The van der Waals surface area contributed by atoms with Crippen LogP contribution < -0.4 is 15.8 Å². The summed E-state index contributed by atoms with van der Waals surface area (Å²) in [6.45, 7) is 0.497. The van der Waals surface area contributed by atoms with Gasteiger partial charge in [0, 0.05) is 11.6 Å². The van der Waals surface area contributed by atoms with Gasteiger partial charge in [-0.05, 0) is 41.5 Å². The number of benzene rings is 2. The van der Waals surface area contributed by atoms with Crippen LogP contribution in [-0.2, 0) is 13.1 Å². The van der Waals surface area contributed by atoms with Gasteiger partial charge in [0.2, 0.25) is 5.95 Å². The first-order chi connectivity index (χ1) is 15.7. The molecule has 2 aromatic carbocycles. The summed E-state index contributed by atoms with van der Waals surface area (Å²) < 4.78 is 43.6. The number of fused-ring (bicyclic) bond motifs is 1. The first-order valence-electron chi connectivity index (χ1n) is 9.68. The third-order valence-corrected chi connectivity index (χ3v) is 5.10. The van der Waals surface area contributed by atoms with Crippen molar-refractivity contribution in [2.45, 2.75) is 19.5 Å². The highest BCUT2D eigenvalue weighted by Gasteiger charge is 2.31. The summed E-state index contributed by atoms with van der Waals surface area (Å²) >= 11 is 6.23. The van der Waals surface area contributed by atoms with Crippen LogP contribution in [0.25, 0.3) is 11.2 Å². The molecule has 7 nitrogen and oxygen atoms in total. The van der Waals surface area contributed by atoms with Crippen molar-refractivity contribution in [1.29, 1.82) is 0 Å². The third-order valence-electron chi connectivity index (χ3n) is 4.73. The molecule has 0 bridgehead atoms. The van der Waals surface area contributed by atoms with Crippen LogP contribution in [0.2, 0.25) is 5.02 Å². The van der Waals surface area contributed by atoms with E-state index in [0.717, 1.165) is 5.56 Å². The lowest BCUT2D eigenvalue weighted by Crippen LogP contribution is -2.17. The van der Waals surface area contributed by atoms with Crippen LogP contribution in [-0.4, -0.2) is 26.8 Å². The molecule has 0 spiro atoms. The fraction of sp³-hybridized carbons (Fsp3) is 0.136. The van der Waals surface area contributed by atoms with Gasteiger partial charge < -0.3 is 20.4 Å². The maximum Gasteiger partial charge on any atom is 0.573 e. The molecule has 0 aliphatic heterocycles. The SMILES string of the molecule is NC(=O)c1ccc2c(n1)nc(NCc1ccccc1Cl)n2Cc1cccc(OC(F)(F)F)c1. The number of halogens is 4. The number of carbonyl (C=O) groups is 1. The Kier molecular flexibility index (Phi) is 6.10. The van der Waals surface area contributed by atoms with Crippen LogP contribution in [0.4, 0.5) is 19.1 Å². The third kappa shape index (κ3) is 5.35. The van der Waals surface area contributed by atoms with Crippen LogP contribution in [0.3, 0.4) is 0 Å². The molecule has 4 aromatic rings. The molecule has 11 heteroatoms. The second kappa shape index (κ2) is 8.99. The molecule has 2 aromatic heterocycles. The molecule has 2 heterocycles. The van der Waals surface area contributed by atoms with E-state index in [1.807, 2.05) is 18.2 Å². The second-order valence-corrected chi connectivity index (χ2v) is 7.47. The fourth-order valence-electron chi connectivity index (χ4n) is 3.28. The molecule has 0 radical (unpaired) electrons. The predicted molar refractivity (Wildman–Crippen MR) is 117 cm³/mol. The Morgan fingerprint density at radius 2 is 1.88 bits per heavy atom. The van der Waals surface area contributed by atoms with Gasteiger partial charge in [0.15, 0.2) is 5.65 Å². The molecule has 0 aliphatic rings. The van der Waals surface area contributed by atoms with Gasteiger partial charge in [-0.15, -0.1) is 13.2 Å². The van der Waals surface area contributed by atoms with E-state index < -0.39 is 12.3 Å². The summed E-state index contributed by atoms with van der Waals surface area (Å²) in [6, 6.07) is 16.0. The monoisotopic (exact) mass is 475 g/mol. The number of amides is 1. The molecule has 0 saturated heterocycles. The highest BCUT2D eigenvalue weighted by Crippen LogP contribution is 2.26. The van der Waals surface area contributed by atoms with E-state index in [1.165, 1.54) is 24.3 Å². The highest BCUT2D eigenvalue weighted by molar-refractivity contribution is 6.31. The molecule has 33 heavy (non-hydrogen) atoms. The van der Waals surface area contributed by atoms with Gasteiger partial charge >= 0.3 is 6.36 Å². The molecular formula is C22H17ClF3N5O2. The molecule has 0 aliphatic carbocycles. The number of hydrogen-bond acceptors (Lipinski definition) is 5. The minimum absolute atomic E-state index is 0.0466. The minimum atomic E-state index is -4.79. The number of nitrogens with zero attached hydrogens (tertiary/aromatic N) is 3. The van der Waals surface area contributed by atoms with E-state index in [9.17, 15) is 18.0 Å². The summed E-state index contributed by atoms with van der Waals surface area (Å²) in [7, 11) is 0. The van der Waals surface area contributed by atoms with E-state index in [1.54, 1.807) is 22.8 Å². The Bertz CT molecular complexity index is 1320. The summed E-state index contributed by atoms with van der Waals surface area (Å²) in [5, 5.41) is 3.75. The average Bonchev–Trinajstić information content (AvgIpc) is 3.08. The number of imidazole rings is 1. The van der Waals surface area contributed by atoms with E-state index in [0.29, 0.717) is 28.6 Å². The first kappa shape index (κ1) is 22.4. The molecular weight excluding hydrogens is 459 g/mol. The number of primary amides is 1. The molecule has 0 atom stereocenters. The lowest BCUT2D eigenvalue weighted by atomic mass is 10.2. The van der Waals surface area contributed by atoms with Crippen molar-refractivity contribution in [3.63, 3.8) is 0 Å². The van der Waals surface area contributed by atoms with Gasteiger partial charge in [-0.1, -0.05) is 41.9 Å². The van der Waals surface area contributed by atoms with Crippen molar-refractivity contribution >= 4 is 34.6 Å². The molecule has 170 valence electrons. The van der Waals surface area contributed by atoms with Crippen molar-refractivity contribution in [2.24, 2.45) is 5.73 Å². The molecule has 0 unspecified atom stereocenters. The van der Waals surface area contributed by atoms with Crippen molar-refractivity contribution in [3.8, 4) is 5.75 Å². The maximum atomic E-state index is 12.6. The van der Waals surface area contributed by atoms with Gasteiger partial charge in [0.05, 0.1) is 12.1 Å². The van der Waals surface area contributed by atoms with Gasteiger partial charge in [-0.25, -0.2) is 4.98 Å². The van der Waals surface area contributed by atoms with Crippen molar-refractivity contribution in [1.82, 2.24) is 14.5 Å². The first-order valence-corrected chi connectivity index (χ1v) is 10.1. The second-order valence-electron chi connectivity index (χ2n) is 7.07. The van der Waals surface area contributed by atoms with Crippen LogP contribution in [0.1, 0.15) is 21.6 Å². The number of pyridine rings is 1. The average molecular weight is 476 g/mol. The Hall–Kier alpha value is -3.79. The zero-order chi connectivity index (χ0) is 23.6.